The molecule has 2 unspecified atom stereocenters. The molecule has 0 amide bonds. The Labute approximate surface area is 153 Å². The van der Waals surface area contributed by atoms with Gasteiger partial charge in [0, 0.05) is 18.9 Å². The van der Waals surface area contributed by atoms with Gasteiger partial charge in [0.05, 0.1) is 0 Å². The lowest BCUT2D eigenvalue weighted by molar-refractivity contribution is -0.125. The van der Waals surface area contributed by atoms with Crippen molar-refractivity contribution in [2.24, 2.45) is 5.92 Å². The van der Waals surface area contributed by atoms with Crippen LogP contribution in [0.3, 0.4) is 0 Å². The van der Waals surface area contributed by atoms with Gasteiger partial charge in [0.25, 0.3) is 0 Å². The average Bonchev–Trinajstić information content (AvgIpc) is 2.63. The number of phenolic OH excluding ortho intramolecular Hbond substituents is 1. The summed E-state index contributed by atoms with van der Waals surface area (Å²) in [5.74, 6) is 0.983. The van der Waals surface area contributed by atoms with Crippen LogP contribution in [-0.2, 0) is 4.79 Å². The van der Waals surface area contributed by atoms with Crippen molar-refractivity contribution in [2.45, 2.75) is 71.1 Å². The minimum Gasteiger partial charge on any atom is -0.508 e. The van der Waals surface area contributed by atoms with Crippen molar-refractivity contribution < 1.29 is 9.90 Å². The standard InChI is InChI=1S/C22H35NO2/c1-3-5-6-7-8-9-14-23-15-13-20(21(17-23)22(25)4-2)18-11-10-12-19(24)16-18/h10-12,16,20-21,24H,3-9,13-15,17H2,1-2H3. The molecule has 0 spiro atoms. The van der Waals surface area contributed by atoms with Crippen LogP contribution in [-0.4, -0.2) is 35.4 Å². The molecule has 1 aromatic carbocycles. The van der Waals surface area contributed by atoms with Crippen molar-refractivity contribution in [2.75, 3.05) is 19.6 Å². The number of benzene rings is 1. The molecule has 0 aliphatic carbocycles. The fraction of sp³-hybridized carbons (Fsp3) is 0.682. The third kappa shape index (κ3) is 6.14. The summed E-state index contributed by atoms with van der Waals surface area (Å²) in [6, 6.07) is 7.49. The van der Waals surface area contributed by atoms with Crippen LogP contribution in [0.25, 0.3) is 0 Å². The summed E-state index contributed by atoms with van der Waals surface area (Å²) in [5, 5.41) is 9.79. The number of piperidine rings is 1. The molecule has 1 N–H and O–H groups in total. The van der Waals surface area contributed by atoms with E-state index in [1.807, 2.05) is 19.1 Å². The molecule has 0 bridgehead atoms. The molecule has 1 aliphatic heterocycles. The second-order valence-electron chi connectivity index (χ2n) is 7.48. The molecule has 3 nitrogen and oxygen atoms in total. The lowest BCUT2D eigenvalue weighted by atomic mass is 9.77. The van der Waals surface area contributed by atoms with E-state index >= 15 is 0 Å². The molecule has 140 valence electrons. The summed E-state index contributed by atoms with van der Waals surface area (Å²) in [6.45, 7) is 7.27. The number of phenols is 1. The zero-order valence-electron chi connectivity index (χ0n) is 16.0. The molecule has 2 atom stereocenters. The van der Waals surface area contributed by atoms with E-state index in [9.17, 15) is 9.90 Å². The molecule has 1 fully saturated rings. The Balaban J connectivity index is 1.90. The molecule has 25 heavy (non-hydrogen) atoms. The minimum atomic E-state index is 0.0700. The van der Waals surface area contributed by atoms with E-state index in [0.29, 0.717) is 18.0 Å². The first-order valence-corrected chi connectivity index (χ1v) is 10.2. The van der Waals surface area contributed by atoms with Crippen LogP contribution in [0.2, 0.25) is 0 Å². The zero-order chi connectivity index (χ0) is 18.1. The number of carbonyl (C=O) groups is 1. The molecule has 1 saturated heterocycles. The van der Waals surface area contributed by atoms with Crippen LogP contribution in [0.5, 0.6) is 5.75 Å². The van der Waals surface area contributed by atoms with Gasteiger partial charge in [-0.05, 0) is 49.5 Å². The number of ketones is 1. The van der Waals surface area contributed by atoms with Gasteiger partial charge in [0.2, 0.25) is 0 Å². The quantitative estimate of drug-likeness (QED) is 0.597. The number of hydrogen-bond acceptors (Lipinski definition) is 3. The normalized spacial score (nSPS) is 21.4. The third-order valence-corrected chi connectivity index (χ3v) is 5.59. The van der Waals surface area contributed by atoms with E-state index in [-0.39, 0.29) is 11.8 Å². The number of carbonyl (C=O) groups excluding carboxylic acids is 1. The van der Waals surface area contributed by atoms with Crippen LogP contribution in [0, 0.1) is 5.92 Å². The zero-order valence-corrected chi connectivity index (χ0v) is 16.0. The first-order chi connectivity index (χ1) is 12.2. The predicted octanol–water partition coefficient (Wildman–Crippen LogP) is 5.14. The number of hydrogen-bond donors (Lipinski definition) is 1. The SMILES string of the molecule is CCCCCCCCN1CCC(c2cccc(O)c2)C(C(=O)CC)C1. The highest BCUT2D eigenvalue weighted by Crippen LogP contribution is 2.35. The highest BCUT2D eigenvalue weighted by Gasteiger charge is 2.34. The molecular weight excluding hydrogens is 310 g/mol. The van der Waals surface area contributed by atoms with E-state index in [0.717, 1.165) is 31.6 Å². The van der Waals surface area contributed by atoms with Crippen LogP contribution in [0.4, 0.5) is 0 Å². The number of nitrogens with zero attached hydrogens (tertiary/aromatic N) is 1. The molecular formula is C22H35NO2. The average molecular weight is 346 g/mol. The lowest BCUT2D eigenvalue weighted by Gasteiger charge is -2.38. The smallest absolute Gasteiger partial charge is 0.137 e. The highest BCUT2D eigenvalue weighted by atomic mass is 16.3. The number of Topliss-reactive ketones (excluding diaryl/α,β-unsaturated/α-hetero) is 1. The summed E-state index contributed by atoms with van der Waals surface area (Å²) in [7, 11) is 0. The van der Waals surface area contributed by atoms with Gasteiger partial charge in [-0.25, -0.2) is 0 Å². The van der Waals surface area contributed by atoms with Gasteiger partial charge in [-0.2, -0.15) is 0 Å². The molecule has 3 heteroatoms. The topological polar surface area (TPSA) is 40.5 Å². The molecule has 1 heterocycles. The van der Waals surface area contributed by atoms with E-state index in [1.165, 1.54) is 38.5 Å². The van der Waals surface area contributed by atoms with Crippen molar-refractivity contribution in [1.29, 1.82) is 0 Å². The van der Waals surface area contributed by atoms with E-state index < -0.39 is 0 Å². The van der Waals surface area contributed by atoms with Gasteiger partial charge in [-0.15, -0.1) is 0 Å². The minimum absolute atomic E-state index is 0.0700. The van der Waals surface area contributed by atoms with Crippen LogP contribution in [0.1, 0.15) is 76.7 Å². The third-order valence-electron chi connectivity index (χ3n) is 5.59. The van der Waals surface area contributed by atoms with Crippen molar-refractivity contribution in [3.63, 3.8) is 0 Å². The van der Waals surface area contributed by atoms with Crippen molar-refractivity contribution >= 4 is 5.78 Å². The van der Waals surface area contributed by atoms with E-state index in [1.54, 1.807) is 6.07 Å². The number of unbranched alkanes of at least 4 members (excludes halogenated alkanes) is 5. The van der Waals surface area contributed by atoms with Gasteiger partial charge in [0.1, 0.15) is 11.5 Å². The molecule has 1 aliphatic rings. The molecule has 0 aromatic heterocycles. The van der Waals surface area contributed by atoms with Crippen LogP contribution in [0.15, 0.2) is 24.3 Å². The highest BCUT2D eigenvalue weighted by molar-refractivity contribution is 5.82. The van der Waals surface area contributed by atoms with Crippen molar-refractivity contribution in [3.8, 4) is 5.75 Å². The largest absolute Gasteiger partial charge is 0.508 e. The second-order valence-corrected chi connectivity index (χ2v) is 7.48. The Morgan fingerprint density at radius 2 is 1.92 bits per heavy atom. The fourth-order valence-electron chi connectivity index (χ4n) is 4.08. The Morgan fingerprint density at radius 1 is 1.16 bits per heavy atom. The van der Waals surface area contributed by atoms with Crippen LogP contribution < -0.4 is 0 Å². The van der Waals surface area contributed by atoms with E-state index in [2.05, 4.69) is 17.9 Å². The number of aromatic hydroxyl groups is 1. The Kier molecular flexibility index (Phi) is 8.47. The number of rotatable bonds is 10. The first-order valence-electron chi connectivity index (χ1n) is 10.2. The van der Waals surface area contributed by atoms with Gasteiger partial charge in [0.15, 0.2) is 0 Å². The van der Waals surface area contributed by atoms with Crippen molar-refractivity contribution in [3.05, 3.63) is 29.8 Å². The predicted molar refractivity (Wildman–Crippen MR) is 104 cm³/mol. The molecule has 0 radical (unpaired) electrons. The Morgan fingerprint density at radius 3 is 2.64 bits per heavy atom. The first kappa shape index (κ1) is 20.0. The van der Waals surface area contributed by atoms with E-state index in [4.69, 9.17) is 0 Å². The maximum absolute atomic E-state index is 12.5. The maximum Gasteiger partial charge on any atom is 0.137 e. The van der Waals surface area contributed by atoms with Gasteiger partial charge in [-0.1, -0.05) is 58.1 Å². The van der Waals surface area contributed by atoms with Gasteiger partial charge in [-0.3, -0.25) is 4.79 Å². The Bertz CT molecular complexity index is 529. The molecule has 1 aromatic rings. The molecule has 0 saturated carbocycles. The summed E-state index contributed by atoms with van der Waals surface area (Å²) in [6.07, 6.45) is 9.50. The Hall–Kier alpha value is -1.35. The maximum atomic E-state index is 12.5. The fourth-order valence-corrected chi connectivity index (χ4v) is 4.08. The lowest BCUT2D eigenvalue weighted by Crippen LogP contribution is -2.43. The van der Waals surface area contributed by atoms with Crippen LogP contribution >= 0.6 is 0 Å². The summed E-state index contributed by atoms with van der Waals surface area (Å²) >= 11 is 0. The summed E-state index contributed by atoms with van der Waals surface area (Å²) < 4.78 is 0. The van der Waals surface area contributed by atoms with Gasteiger partial charge < -0.3 is 10.0 Å². The summed E-state index contributed by atoms with van der Waals surface area (Å²) in [4.78, 5) is 15.0. The summed E-state index contributed by atoms with van der Waals surface area (Å²) in [5.41, 5.74) is 1.12. The van der Waals surface area contributed by atoms with Crippen molar-refractivity contribution in [1.82, 2.24) is 4.90 Å². The second kappa shape index (κ2) is 10.6. The van der Waals surface area contributed by atoms with Gasteiger partial charge >= 0.3 is 0 Å². The number of likely N-dealkylation sites (tertiary alicyclic amines) is 1. The molecule has 2 rings (SSSR count). The monoisotopic (exact) mass is 345 g/mol.